The van der Waals surface area contributed by atoms with E-state index in [9.17, 15) is 9.59 Å². The molecule has 1 aliphatic carbocycles. The summed E-state index contributed by atoms with van der Waals surface area (Å²) in [5.41, 5.74) is 2.61. The summed E-state index contributed by atoms with van der Waals surface area (Å²) in [6.45, 7) is 0.352. The van der Waals surface area contributed by atoms with Gasteiger partial charge in [-0.05, 0) is 61.6 Å². The van der Waals surface area contributed by atoms with E-state index < -0.39 is 0 Å². The maximum absolute atomic E-state index is 12.5. The molecule has 3 N–H and O–H groups in total. The lowest BCUT2D eigenvalue weighted by Crippen LogP contribution is -2.23. The first kappa shape index (κ1) is 18.2. The number of fused-ring (bicyclic) bond motifs is 1. The number of aromatic amines is 2. The second-order valence-corrected chi connectivity index (χ2v) is 7.03. The summed E-state index contributed by atoms with van der Waals surface area (Å²) >= 11 is 0. The second-order valence-electron chi connectivity index (χ2n) is 7.03. The lowest BCUT2D eigenvalue weighted by molar-refractivity contribution is 0.0950. The van der Waals surface area contributed by atoms with E-state index >= 15 is 0 Å². The number of hydrogen-bond acceptors (Lipinski definition) is 4. The monoisotopic (exact) mass is 381 g/mol. The molecule has 0 spiro atoms. The van der Waals surface area contributed by atoms with Crippen molar-refractivity contribution in [3.63, 3.8) is 0 Å². The molecule has 1 amide bonds. The van der Waals surface area contributed by atoms with Gasteiger partial charge in [0.1, 0.15) is 0 Å². The predicted octanol–water partition coefficient (Wildman–Crippen LogP) is 3.12. The van der Waals surface area contributed by atoms with E-state index in [0.29, 0.717) is 29.1 Å². The minimum Gasteiger partial charge on any atom is -0.493 e. The van der Waals surface area contributed by atoms with Crippen molar-refractivity contribution in [2.75, 3.05) is 7.11 Å². The third-order valence-corrected chi connectivity index (χ3v) is 5.06. The third kappa shape index (κ3) is 3.88. The van der Waals surface area contributed by atoms with Crippen LogP contribution in [0, 0.1) is 0 Å². The standard InChI is InChI=1S/C21H23N3O4/c1-27-19-11-14(7-9-18(19)28-15-4-2-3-5-15)20(25)22-12-13-6-8-16-17(10-13)24-21(26)23-16/h6-11,15H,2-5,12H2,1H3,(H,22,25)(H2,23,24,26). The van der Waals surface area contributed by atoms with Crippen LogP contribution in [-0.4, -0.2) is 29.1 Å². The van der Waals surface area contributed by atoms with Crippen LogP contribution in [0.2, 0.25) is 0 Å². The van der Waals surface area contributed by atoms with Crippen LogP contribution in [0.3, 0.4) is 0 Å². The Balaban J connectivity index is 1.43. The van der Waals surface area contributed by atoms with Crippen molar-refractivity contribution < 1.29 is 14.3 Å². The van der Waals surface area contributed by atoms with Gasteiger partial charge in [-0.1, -0.05) is 6.07 Å². The van der Waals surface area contributed by atoms with E-state index in [2.05, 4.69) is 15.3 Å². The number of imidazole rings is 1. The Morgan fingerprint density at radius 3 is 2.64 bits per heavy atom. The number of H-pyrrole nitrogens is 2. The van der Waals surface area contributed by atoms with Gasteiger partial charge in [-0.25, -0.2) is 4.79 Å². The van der Waals surface area contributed by atoms with Crippen LogP contribution in [0.1, 0.15) is 41.6 Å². The summed E-state index contributed by atoms with van der Waals surface area (Å²) in [4.78, 5) is 29.3. The largest absolute Gasteiger partial charge is 0.493 e. The Hall–Kier alpha value is -3.22. The molecule has 0 unspecified atom stereocenters. The van der Waals surface area contributed by atoms with Crippen LogP contribution < -0.4 is 20.5 Å². The van der Waals surface area contributed by atoms with Gasteiger partial charge in [0.05, 0.1) is 24.2 Å². The zero-order chi connectivity index (χ0) is 19.5. The number of methoxy groups -OCH3 is 1. The van der Waals surface area contributed by atoms with Crippen molar-refractivity contribution in [3.05, 3.63) is 58.0 Å². The van der Waals surface area contributed by atoms with Crippen LogP contribution in [0.15, 0.2) is 41.2 Å². The molecule has 0 atom stereocenters. The smallest absolute Gasteiger partial charge is 0.323 e. The molecule has 28 heavy (non-hydrogen) atoms. The van der Waals surface area contributed by atoms with Gasteiger partial charge in [0.15, 0.2) is 11.5 Å². The van der Waals surface area contributed by atoms with Gasteiger partial charge in [0, 0.05) is 12.1 Å². The highest BCUT2D eigenvalue weighted by atomic mass is 16.5. The molecular weight excluding hydrogens is 358 g/mol. The lowest BCUT2D eigenvalue weighted by Gasteiger charge is -2.16. The van der Waals surface area contributed by atoms with Crippen molar-refractivity contribution in [1.29, 1.82) is 0 Å². The van der Waals surface area contributed by atoms with Crippen molar-refractivity contribution in [2.24, 2.45) is 0 Å². The highest BCUT2D eigenvalue weighted by Gasteiger charge is 2.19. The Labute approximate surface area is 162 Å². The van der Waals surface area contributed by atoms with Gasteiger partial charge >= 0.3 is 5.69 Å². The molecule has 146 valence electrons. The minimum atomic E-state index is -0.247. The van der Waals surface area contributed by atoms with Crippen molar-refractivity contribution in [1.82, 2.24) is 15.3 Å². The topological polar surface area (TPSA) is 96.2 Å². The summed E-state index contributed by atoms with van der Waals surface area (Å²) in [6, 6.07) is 10.8. The number of ether oxygens (including phenoxy) is 2. The van der Waals surface area contributed by atoms with E-state index in [0.717, 1.165) is 23.9 Å². The van der Waals surface area contributed by atoms with E-state index in [4.69, 9.17) is 9.47 Å². The van der Waals surface area contributed by atoms with Gasteiger partial charge in [0.2, 0.25) is 0 Å². The number of hydrogen-bond donors (Lipinski definition) is 3. The quantitative estimate of drug-likeness (QED) is 0.611. The fourth-order valence-corrected chi connectivity index (χ4v) is 3.57. The number of aromatic nitrogens is 2. The van der Waals surface area contributed by atoms with Crippen molar-refractivity contribution >= 4 is 16.9 Å². The number of carbonyl (C=O) groups is 1. The van der Waals surface area contributed by atoms with Gasteiger partial charge in [-0.2, -0.15) is 0 Å². The zero-order valence-electron chi connectivity index (χ0n) is 15.7. The first-order valence-corrected chi connectivity index (χ1v) is 9.46. The molecule has 1 aromatic heterocycles. The van der Waals surface area contributed by atoms with Crippen LogP contribution in [-0.2, 0) is 6.54 Å². The number of benzene rings is 2. The third-order valence-electron chi connectivity index (χ3n) is 5.06. The van der Waals surface area contributed by atoms with Gasteiger partial charge in [-0.3, -0.25) is 4.79 Å². The molecular formula is C21H23N3O4. The summed E-state index contributed by atoms with van der Waals surface area (Å²) in [6.07, 6.45) is 4.72. The van der Waals surface area contributed by atoms with E-state index in [1.54, 1.807) is 25.3 Å². The van der Waals surface area contributed by atoms with Gasteiger partial charge < -0.3 is 24.8 Å². The first-order chi connectivity index (χ1) is 13.6. The molecule has 2 aromatic carbocycles. The average Bonchev–Trinajstić information content (AvgIpc) is 3.34. The summed E-state index contributed by atoms with van der Waals surface area (Å²) in [5.74, 6) is 1.03. The predicted molar refractivity (Wildman–Crippen MR) is 106 cm³/mol. The zero-order valence-corrected chi connectivity index (χ0v) is 15.7. The Kier molecular flexibility index (Phi) is 5.06. The summed E-state index contributed by atoms with van der Waals surface area (Å²) in [7, 11) is 1.57. The van der Waals surface area contributed by atoms with Crippen LogP contribution in [0.5, 0.6) is 11.5 Å². The molecule has 1 fully saturated rings. The Bertz CT molecular complexity index is 1050. The molecule has 0 bridgehead atoms. The first-order valence-electron chi connectivity index (χ1n) is 9.46. The lowest BCUT2D eigenvalue weighted by atomic mass is 10.1. The molecule has 1 aliphatic rings. The summed E-state index contributed by atoms with van der Waals surface area (Å²) in [5, 5.41) is 2.89. The molecule has 1 saturated carbocycles. The molecule has 7 heteroatoms. The highest BCUT2D eigenvalue weighted by molar-refractivity contribution is 5.94. The number of rotatable bonds is 6. The maximum atomic E-state index is 12.5. The average molecular weight is 381 g/mol. The number of nitrogens with one attached hydrogen (secondary N) is 3. The summed E-state index contributed by atoms with van der Waals surface area (Å²) < 4.78 is 11.4. The van der Waals surface area contributed by atoms with E-state index in [1.165, 1.54) is 12.8 Å². The fraction of sp³-hybridized carbons (Fsp3) is 0.333. The van der Waals surface area contributed by atoms with Crippen LogP contribution in [0.25, 0.3) is 11.0 Å². The molecule has 4 rings (SSSR count). The SMILES string of the molecule is COc1cc(C(=O)NCc2ccc3[nH]c(=O)[nH]c3c2)ccc1OC1CCCC1. The fourth-order valence-electron chi connectivity index (χ4n) is 3.57. The maximum Gasteiger partial charge on any atom is 0.323 e. The minimum absolute atomic E-state index is 0.201. The molecule has 7 nitrogen and oxygen atoms in total. The van der Waals surface area contributed by atoms with Crippen molar-refractivity contribution in [3.8, 4) is 11.5 Å². The molecule has 3 aromatic rings. The number of carbonyl (C=O) groups excluding carboxylic acids is 1. The Morgan fingerprint density at radius 2 is 1.86 bits per heavy atom. The Morgan fingerprint density at radius 1 is 1.07 bits per heavy atom. The molecule has 0 saturated heterocycles. The van der Waals surface area contributed by atoms with Crippen LogP contribution >= 0.6 is 0 Å². The van der Waals surface area contributed by atoms with Gasteiger partial charge in [-0.15, -0.1) is 0 Å². The normalized spacial score (nSPS) is 14.3. The molecule has 0 radical (unpaired) electrons. The van der Waals surface area contributed by atoms with Crippen LogP contribution in [0.4, 0.5) is 0 Å². The molecule has 0 aliphatic heterocycles. The van der Waals surface area contributed by atoms with E-state index in [-0.39, 0.29) is 17.7 Å². The molecule has 1 heterocycles. The second kappa shape index (κ2) is 7.80. The highest BCUT2D eigenvalue weighted by Crippen LogP contribution is 2.32. The van der Waals surface area contributed by atoms with Gasteiger partial charge in [0.25, 0.3) is 5.91 Å². The number of amides is 1. The van der Waals surface area contributed by atoms with Crippen molar-refractivity contribution in [2.45, 2.75) is 38.3 Å². The van der Waals surface area contributed by atoms with E-state index in [1.807, 2.05) is 18.2 Å².